The summed E-state index contributed by atoms with van der Waals surface area (Å²) < 4.78 is -1.74. The highest BCUT2D eigenvalue weighted by molar-refractivity contribution is 7.98. The number of hydrogen-bond acceptors (Lipinski definition) is 6. The first-order chi connectivity index (χ1) is 13.0. The Morgan fingerprint density at radius 3 is 2.30 bits per heavy atom. The molecule has 0 aliphatic rings. The molecule has 1 N–H and O–H groups in total. The zero-order chi connectivity index (χ0) is 19.3. The SMILES string of the molecule is CSc1ccc(-c2nc(NCCc3ccncc3)nc(C(Cl)(Cl)Cl)n2)cc1. The maximum atomic E-state index is 6.01. The Morgan fingerprint density at radius 2 is 1.67 bits per heavy atom. The Kier molecular flexibility index (Phi) is 6.76. The van der Waals surface area contributed by atoms with Crippen molar-refractivity contribution in [1.82, 2.24) is 19.9 Å². The van der Waals surface area contributed by atoms with E-state index in [2.05, 4.69) is 25.3 Å². The number of pyridine rings is 1. The molecule has 0 bridgehead atoms. The zero-order valence-electron chi connectivity index (χ0n) is 14.4. The van der Waals surface area contributed by atoms with Crippen LogP contribution in [0.1, 0.15) is 11.4 Å². The summed E-state index contributed by atoms with van der Waals surface area (Å²) in [7, 11) is 0. The molecule has 0 fully saturated rings. The first-order valence-corrected chi connectivity index (χ1v) is 10.4. The largest absolute Gasteiger partial charge is 0.354 e. The van der Waals surface area contributed by atoms with Gasteiger partial charge in [-0.3, -0.25) is 4.98 Å². The zero-order valence-corrected chi connectivity index (χ0v) is 17.4. The fraction of sp³-hybridized carbons (Fsp3) is 0.222. The van der Waals surface area contributed by atoms with Crippen LogP contribution in [-0.4, -0.2) is 32.7 Å². The van der Waals surface area contributed by atoms with E-state index in [0.29, 0.717) is 18.3 Å². The molecule has 27 heavy (non-hydrogen) atoms. The minimum atomic E-state index is -1.74. The predicted molar refractivity (Wildman–Crippen MR) is 113 cm³/mol. The van der Waals surface area contributed by atoms with Crippen molar-refractivity contribution in [3.05, 3.63) is 60.2 Å². The second-order valence-corrected chi connectivity index (χ2v) is 8.73. The molecule has 0 unspecified atom stereocenters. The molecule has 0 radical (unpaired) electrons. The van der Waals surface area contributed by atoms with Gasteiger partial charge in [0.05, 0.1) is 0 Å². The highest BCUT2D eigenvalue weighted by atomic mass is 35.6. The van der Waals surface area contributed by atoms with Gasteiger partial charge in [-0.05, 0) is 42.5 Å². The van der Waals surface area contributed by atoms with Crippen molar-refractivity contribution in [3.63, 3.8) is 0 Å². The van der Waals surface area contributed by atoms with E-state index >= 15 is 0 Å². The highest BCUT2D eigenvalue weighted by Crippen LogP contribution is 2.36. The fourth-order valence-corrected chi connectivity index (χ4v) is 2.98. The maximum absolute atomic E-state index is 6.01. The van der Waals surface area contributed by atoms with E-state index in [9.17, 15) is 0 Å². The molecular formula is C18H16Cl3N5S. The van der Waals surface area contributed by atoms with Gasteiger partial charge in [-0.25, -0.2) is 4.98 Å². The molecule has 0 saturated heterocycles. The lowest BCUT2D eigenvalue weighted by Crippen LogP contribution is -2.15. The molecule has 0 spiro atoms. The summed E-state index contributed by atoms with van der Waals surface area (Å²) in [6, 6.07) is 11.8. The lowest BCUT2D eigenvalue weighted by molar-refractivity contribution is 0.903. The third-order valence-electron chi connectivity index (χ3n) is 3.68. The van der Waals surface area contributed by atoms with Gasteiger partial charge in [-0.15, -0.1) is 11.8 Å². The third-order valence-corrected chi connectivity index (χ3v) is 4.93. The van der Waals surface area contributed by atoms with Gasteiger partial charge in [-0.1, -0.05) is 46.9 Å². The molecule has 5 nitrogen and oxygen atoms in total. The third kappa shape index (κ3) is 5.69. The summed E-state index contributed by atoms with van der Waals surface area (Å²) in [6.07, 6.45) is 6.32. The van der Waals surface area contributed by atoms with Crippen LogP contribution >= 0.6 is 46.6 Å². The molecule has 2 heterocycles. The number of nitrogens with one attached hydrogen (secondary N) is 1. The molecule has 9 heteroatoms. The predicted octanol–water partition coefficient (Wildman–Crippen LogP) is 5.14. The van der Waals surface area contributed by atoms with Crippen molar-refractivity contribution in [1.29, 1.82) is 0 Å². The first kappa shape index (κ1) is 20.1. The molecule has 0 atom stereocenters. The summed E-state index contributed by atoms with van der Waals surface area (Å²) in [5.74, 6) is 0.896. The number of aromatic nitrogens is 4. The van der Waals surface area contributed by atoms with Crippen LogP contribution in [0.3, 0.4) is 0 Å². The maximum Gasteiger partial charge on any atom is 0.250 e. The van der Waals surface area contributed by atoms with Gasteiger partial charge in [0.1, 0.15) is 0 Å². The van der Waals surface area contributed by atoms with E-state index in [1.54, 1.807) is 24.2 Å². The van der Waals surface area contributed by atoms with E-state index in [4.69, 9.17) is 34.8 Å². The number of nitrogens with zero attached hydrogens (tertiary/aromatic N) is 4. The second-order valence-electron chi connectivity index (χ2n) is 5.56. The second kappa shape index (κ2) is 9.06. The van der Waals surface area contributed by atoms with Gasteiger partial charge in [-0.2, -0.15) is 9.97 Å². The summed E-state index contributed by atoms with van der Waals surface area (Å²) in [5, 5.41) is 3.18. The molecule has 0 aliphatic heterocycles. The van der Waals surface area contributed by atoms with Crippen LogP contribution < -0.4 is 5.32 Å². The smallest absolute Gasteiger partial charge is 0.250 e. The van der Waals surface area contributed by atoms with E-state index in [1.807, 2.05) is 42.7 Å². The van der Waals surface area contributed by atoms with E-state index < -0.39 is 3.79 Å². The van der Waals surface area contributed by atoms with Crippen LogP contribution in [0.2, 0.25) is 0 Å². The Morgan fingerprint density at radius 1 is 0.963 bits per heavy atom. The van der Waals surface area contributed by atoms with Crippen molar-refractivity contribution in [2.45, 2.75) is 15.1 Å². The number of anilines is 1. The quantitative estimate of drug-likeness (QED) is 0.423. The van der Waals surface area contributed by atoms with Crippen molar-refractivity contribution in [2.24, 2.45) is 0 Å². The fourth-order valence-electron chi connectivity index (χ4n) is 2.32. The Hall–Kier alpha value is -1.60. The summed E-state index contributed by atoms with van der Waals surface area (Å²) >= 11 is 19.7. The highest BCUT2D eigenvalue weighted by Gasteiger charge is 2.28. The summed E-state index contributed by atoms with van der Waals surface area (Å²) in [4.78, 5) is 18.2. The van der Waals surface area contributed by atoms with Crippen LogP contribution in [-0.2, 0) is 10.2 Å². The van der Waals surface area contributed by atoms with Crippen LogP contribution in [0.25, 0.3) is 11.4 Å². The van der Waals surface area contributed by atoms with Crippen LogP contribution in [0.4, 0.5) is 5.95 Å². The average Bonchev–Trinajstić information content (AvgIpc) is 2.68. The van der Waals surface area contributed by atoms with E-state index in [1.165, 1.54) is 0 Å². The molecule has 0 saturated carbocycles. The van der Waals surface area contributed by atoms with Gasteiger partial charge in [0, 0.05) is 29.4 Å². The number of hydrogen-bond donors (Lipinski definition) is 1. The Labute approximate surface area is 176 Å². The molecule has 0 aliphatic carbocycles. The standard InChI is InChI=1S/C18H16Cl3N5S/c1-27-14-4-2-13(3-5-14)15-24-16(18(19,20)21)26-17(25-15)23-11-8-12-6-9-22-10-7-12/h2-7,9-10H,8,11H2,1H3,(H,23,24,25,26). The number of rotatable bonds is 6. The van der Waals surface area contributed by atoms with Crippen molar-refractivity contribution >= 4 is 52.5 Å². The molecule has 2 aromatic heterocycles. The minimum absolute atomic E-state index is 0.0813. The lowest BCUT2D eigenvalue weighted by Gasteiger charge is -2.13. The number of thioether (sulfide) groups is 1. The monoisotopic (exact) mass is 439 g/mol. The minimum Gasteiger partial charge on any atom is -0.354 e. The van der Waals surface area contributed by atoms with Gasteiger partial charge < -0.3 is 5.32 Å². The topological polar surface area (TPSA) is 63.6 Å². The number of alkyl halides is 3. The van der Waals surface area contributed by atoms with Gasteiger partial charge in [0.2, 0.25) is 9.74 Å². The normalized spacial score (nSPS) is 11.4. The summed E-state index contributed by atoms with van der Waals surface area (Å²) in [5.41, 5.74) is 1.98. The molecule has 1 aromatic carbocycles. The van der Waals surface area contributed by atoms with E-state index in [-0.39, 0.29) is 5.82 Å². The van der Waals surface area contributed by atoms with Crippen LogP contribution in [0.15, 0.2) is 53.7 Å². The number of benzene rings is 1. The molecule has 0 amide bonds. The average molecular weight is 441 g/mol. The molecule has 3 rings (SSSR count). The Balaban J connectivity index is 1.84. The van der Waals surface area contributed by atoms with Crippen LogP contribution in [0, 0.1) is 0 Å². The first-order valence-electron chi connectivity index (χ1n) is 8.06. The Bertz CT molecular complexity index is 886. The van der Waals surface area contributed by atoms with Crippen LogP contribution in [0.5, 0.6) is 0 Å². The van der Waals surface area contributed by atoms with E-state index in [0.717, 1.165) is 22.4 Å². The molecule has 140 valence electrons. The number of halogens is 3. The molecule has 3 aromatic rings. The van der Waals surface area contributed by atoms with Crippen molar-refractivity contribution in [3.8, 4) is 11.4 Å². The van der Waals surface area contributed by atoms with Crippen molar-refractivity contribution < 1.29 is 0 Å². The van der Waals surface area contributed by atoms with Gasteiger partial charge >= 0.3 is 0 Å². The summed E-state index contributed by atoms with van der Waals surface area (Å²) in [6.45, 7) is 0.623. The van der Waals surface area contributed by atoms with Crippen molar-refractivity contribution in [2.75, 3.05) is 18.1 Å². The van der Waals surface area contributed by atoms with Gasteiger partial charge in [0.15, 0.2) is 11.6 Å². The van der Waals surface area contributed by atoms with Gasteiger partial charge in [0.25, 0.3) is 0 Å². The molecular weight excluding hydrogens is 425 g/mol. The lowest BCUT2D eigenvalue weighted by atomic mass is 10.2.